The molecule has 4 aromatic rings. The van der Waals surface area contributed by atoms with Gasteiger partial charge in [0.15, 0.2) is 31.9 Å². The summed E-state index contributed by atoms with van der Waals surface area (Å²) < 4.78 is 7.00. The summed E-state index contributed by atoms with van der Waals surface area (Å²) in [5, 5.41) is 20.8. The molecule has 4 aromatic heterocycles. The first-order valence-corrected chi connectivity index (χ1v) is 16.7. The molecule has 8 rings (SSSR count). The summed E-state index contributed by atoms with van der Waals surface area (Å²) in [5.74, 6) is 1.35. The maximum Gasteiger partial charge on any atom is 0.186 e. The van der Waals surface area contributed by atoms with Crippen LogP contribution in [0.3, 0.4) is 0 Å². The van der Waals surface area contributed by atoms with Crippen LogP contribution in [-0.2, 0) is 0 Å². The number of hydrogen-bond acceptors (Lipinski definition) is 14. The molecule has 4 aliphatic heterocycles. The molecule has 2 unspecified atom stereocenters. The maximum atomic E-state index is 10.4. The lowest BCUT2D eigenvalue weighted by Crippen LogP contribution is -2.43. The van der Waals surface area contributed by atoms with E-state index < -0.39 is 0 Å². The number of aromatic nitrogens is 6. The van der Waals surface area contributed by atoms with Crippen molar-refractivity contribution in [3.63, 3.8) is 0 Å². The summed E-state index contributed by atoms with van der Waals surface area (Å²) in [7, 11) is 3.09. The molecule has 0 spiro atoms. The number of thiazole rings is 2. The Balaban J connectivity index is 1.31. The second kappa shape index (κ2) is 11.1. The van der Waals surface area contributed by atoms with Gasteiger partial charge in [0.1, 0.15) is 12.1 Å². The van der Waals surface area contributed by atoms with Gasteiger partial charge in [-0.1, -0.05) is 72.6 Å². The molecule has 38 heavy (non-hydrogen) atoms. The largest absolute Gasteiger partial charge is 0.395 e. The molecule has 0 aromatic carbocycles. The topological polar surface area (TPSA) is 124 Å². The molecule has 0 aliphatic carbocycles. The highest BCUT2D eigenvalue weighted by molar-refractivity contribution is 8.74. The van der Waals surface area contributed by atoms with Gasteiger partial charge in [-0.25, -0.2) is 38.5 Å². The van der Waals surface area contributed by atoms with Crippen LogP contribution < -0.4 is 0 Å². The first-order valence-electron chi connectivity index (χ1n) is 12.3. The Bertz CT molecular complexity index is 1380. The Morgan fingerprint density at radius 3 is 1.53 bits per heavy atom. The molecule has 0 fully saturated rings. The summed E-state index contributed by atoms with van der Waals surface area (Å²) >= 11 is 15.1. The van der Waals surface area contributed by atoms with E-state index in [-0.39, 0.29) is 37.4 Å². The Hall–Kier alpha value is -0.940. The van der Waals surface area contributed by atoms with Crippen molar-refractivity contribution in [2.75, 3.05) is 13.2 Å². The number of rotatable bonds is 13. The SMILES string of the molecule is CCC[C@H](CO)N(SSN(C1c2nc1c1sc(Cl)nc1n2)[C@@H](CO)CCC)C1c2nc1c1sc(Cl)nc1n2. The van der Waals surface area contributed by atoms with E-state index in [2.05, 4.69) is 52.4 Å². The normalized spacial score (nSPS) is 19.4. The van der Waals surface area contributed by atoms with Crippen LogP contribution in [0, 0.1) is 0 Å². The molecule has 0 amide bonds. The Kier molecular flexibility index (Phi) is 7.99. The second-order valence-electron chi connectivity index (χ2n) is 9.10. The third kappa shape index (κ3) is 4.60. The first-order chi connectivity index (χ1) is 18.5. The fourth-order valence-electron chi connectivity index (χ4n) is 4.84. The van der Waals surface area contributed by atoms with Crippen LogP contribution in [-0.4, -0.2) is 74.0 Å². The van der Waals surface area contributed by atoms with Crippen LogP contribution in [0.15, 0.2) is 0 Å². The zero-order chi connectivity index (χ0) is 26.6. The minimum absolute atomic E-state index is 0.00127. The van der Waals surface area contributed by atoms with Gasteiger partial charge in [-0.15, -0.1) is 0 Å². The zero-order valence-corrected chi connectivity index (χ0v) is 25.2. The van der Waals surface area contributed by atoms with Crippen molar-refractivity contribution in [1.82, 2.24) is 38.5 Å². The molecule has 0 saturated heterocycles. The highest BCUT2D eigenvalue weighted by atomic mass is 35.5. The fourth-order valence-corrected chi connectivity index (χ4v) is 9.96. The van der Waals surface area contributed by atoms with Crippen LogP contribution in [0.1, 0.15) is 74.7 Å². The summed E-state index contributed by atoms with van der Waals surface area (Å²) in [6, 6.07) is -0.593. The van der Waals surface area contributed by atoms with Crippen molar-refractivity contribution in [3.05, 3.63) is 32.0 Å². The van der Waals surface area contributed by atoms with Crippen molar-refractivity contribution >= 4 is 88.5 Å². The number of aliphatic hydroxyl groups excluding tert-OH is 2. The molecule has 4 atom stereocenters. The third-order valence-corrected chi connectivity index (χ3v) is 11.7. The number of aliphatic hydroxyl groups is 2. The van der Waals surface area contributed by atoms with E-state index in [1.807, 2.05) is 0 Å². The highest BCUT2D eigenvalue weighted by Crippen LogP contribution is 2.52. The number of nitrogens with zero attached hydrogens (tertiary/aromatic N) is 8. The Labute approximate surface area is 244 Å². The minimum Gasteiger partial charge on any atom is -0.395 e. The molecular weight excluding hydrogens is 607 g/mol. The summed E-state index contributed by atoms with van der Waals surface area (Å²) in [6.07, 6.45) is 3.45. The standard InChI is InChI=1S/C22H24Cl2N8O2S4/c1-3-5-9(7-33)31(13-11-15-19(27-17(13)25-11)29-21(23)35-15)37-38-32(10(8-34)6-4-2)14-12-16-20(28-18(14)26-12)30-22(24)36-16/h9-10,13-14,33-34H,3-8H2,1-2H3/t9-,10-,13?,14?/m1/s1. The van der Waals surface area contributed by atoms with Crippen molar-refractivity contribution in [1.29, 1.82) is 0 Å². The number of halogens is 2. The third-order valence-electron chi connectivity index (χ3n) is 6.65. The predicted octanol–water partition coefficient (Wildman–Crippen LogP) is 5.44. The van der Waals surface area contributed by atoms with E-state index in [4.69, 9.17) is 23.2 Å². The summed E-state index contributed by atoms with van der Waals surface area (Å²) in [4.78, 5) is 27.2. The molecule has 2 N–H and O–H groups in total. The van der Waals surface area contributed by atoms with E-state index in [0.717, 1.165) is 46.5 Å². The smallest absolute Gasteiger partial charge is 0.186 e. The molecule has 4 aliphatic rings. The highest BCUT2D eigenvalue weighted by Gasteiger charge is 2.44. The predicted molar refractivity (Wildman–Crippen MR) is 155 cm³/mol. The Morgan fingerprint density at radius 2 is 1.16 bits per heavy atom. The van der Waals surface area contributed by atoms with E-state index in [1.54, 1.807) is 22.0 Å². The molecule has 8 heterocycles. The monoisotopic (exact) mass is 630 g/mol. The van der Waals surface area contributed by atoms with Crippen LogP contribution in [0.4, 0.5) is 0 Å². The van der Waals surface area contributed by atoms with E-state index in [0.29, 0.717) is 31.9 Å². The molecule has 0 radical (unpaired) electrons. The molecule has 16 heteroatoms. The van der Waals surface area contributed by atoms with Gasteiger partial charge >= 0.3 is 0 Å². The number of hydrogen-bond donors (Lipinski definition) is 2. The molecule has 10 nitrogen and oxygen atoms in total. The van der Waals surface area contributed by atoms with Gasteiger partial charge in [-0.2, -0.15) is 0 Å². The molecule has 202 valence electrons. The summed E-state index contributed by atoms with van der Waals surface area (Å²) in [6.45, 7) is 4.21. The summed E-state index contributed by atoms with van der Waals surface area (Å²) in [5.41, 5.74) is 3.00. The van der Waals surface area contributed by atoms with Crippen LogP contribution >= 0.6 is 67.8 Å². The van der Waals surface area contributed by atoms with Crippen molar-refractivity contribution in [2.24, 2.45) is 0 Å². The van der Waals surface area contributed by atoms with E-state index in [1.165, 1.54) is 22.7 Å². The van der Waals surface area contributed by atoms with Crippen molar-refractivity contribution in [3.8, 4) is 0 Å². The van der Waals surface area contributed by atoms with Gasteiger partial charge < -0.3 is 10.2 Å². The molecule has 4 bridgehead atoms. The van der Waals surface area contributed by atoms with Gasteiger partial charge in [0, 0.05) is 34.0 Å². The lowest BCUT2D eigenvalue weighted by molar-refractivity contribution is 0.158. The minimum atomic E-state index is -0.178. The first kappa shape index (κ1) is 27.2. The average Bonchev–Trinajstić information content (AvgIpc) is 3.47. The average molecular weight is 632 g/mol. The Morgan fingerprint density at radius 1 is 0.737 bits per heavy atom. The zero-order valence-electron chi connectivity index (χ0n) is 20.4. The van der Waals surface area contributed by atoms with E-state index in [9.17, 15) is 10.2 Å². The quantitative estimate of drug-likeness (QED) is 0.144. The fraction of sp³-hybridized carbons (Fsp3) is 0.545. The van der Waals surface area contributed by atoms with Gasteiger partial charge in [0.25, 0.3) is 0 Å². The van der Waals surface area contributed by atoms with Gasteiger partial charge in [0.05, 0.1) is 34.0 Å². The van der Waals surface area contributed by atoms with Gasteiger partial charge in [-0.3, -0.25) is 0 Å². The van der Waals surface area contributed by atoms with Gasteiger partial charge in [0.2, 0.25) is 0 Å². The maximum absolute atomic E-state index is 10.4. The second-order valence-corrected chi connectivity index (χ2v) is 14.3. The van der Waals surface area contributed by atoms with Gasteiger partial charge in [-0.05, 0) is 12.8 Å². The van der Waals surface area contributed by atoms with Crippen molar-refractivity contribution < 1.29 is 10.2 Å². The van der Waals surface area contributed by atoms with E-state index >= 15 is 0 Å². The van der Waals surface area contributed by atoms with Crippen LogP contribution in [0.2, 0.25) is 8.93 Å². The van der Waals surface area contributed by atoms with Crippen LogP contribution in [0.25, 0.3) is 20.7 Å². The van der Waals surface area contributed by atoms with Crippen LogP contribution in [0.5, 0.6) is 0 Å². The lowest BCUT2D eigenvalue weighted by atomic mass is 10.0. The molecule has 0 saturated carbocycles. The lowest BCUT2D eigenvalue weighted by Gasteiger charge is -2.42. The van der Waals surface area contributed by atoms with Crippen molar-refractivity contribution in [2.45, 2.75) is 63.7 Å². The molecular formula is C22H24Cl2N8O2S4.